The highest BCUT2D eigenvalue weighted by Crippen LogP contribution is 2.40. The van der Waals surface area contributed by atoms with Crippen molar-refractivity contribution in [3.05, 3.63) is 47.9 Å². The third-order valence-electron chi connectivity index (χ3n) is 4.84. The molecule has 1 aromatic carbocycles. The minimum atomic E-state index is -3.16. The molecule has 2 aliphatic heterocycles. The maximum atomic E-state index is 16.1. The average molecular weight is 502 g/mol. The Kier molecular flexibility index (Phi) is 7.71. The number of aliphatic hydroxyl groups excluding tert-OH is 1. The third kappa shape index (κ3) is 5.75. The first-order valence-corrected chi connectivity index (χ1v) is 9.81. The standard InChI is InChI=1S/C20H20F2N2O11/c1-30-18(28)33-13-14(34-19(29)31-2)20(22,9-32-16(26)10-3-5-11(21)6-4-10)35-15(13)24-8-7-12(25)23-17(24)27/h3-8,13-15,17,27H,9H2,1-2H3,(H,23,25)/t13-,14+,15-,17?,20-/m1/s1. The van der Waals surface area contributed by atoms with Gasteiger partial charge in [0.05, 0.1) is 19.8 Å². The number of hydrogen-bond acceptors (Lipinski definition) is 12. The number of aliphatic hydroxyl groups is 1. The fourth-order valence-electron chi connectivity index (χ4n) is 3.20. The topological polar surface area (TPSA) is 159 Å². The Morgan fingerprint density at radius 3 is 2.37 bits per heavy atom. The number of esters is 1. The summed E-state index contributed by atoms with van der Waals surface area (Å²) in [6.45, 7) is -1.21. The van der Waals surface area contributed by atoms with Gasteiger partial charge in [-0.3, -0.25) is 4.79 Å². The molecule has 1 saturated heterocycles. The molecule has 2 heterocycles. The first-order valence-electron chi connectivity index (χ1n) is 9.81. The lowest BCUT2D eigenvalue weighted by Gasteiger charge is -2.35. The zero-order valence-corrected chi connectivity index (χ0v) is 18.2. The molecule has 0 aromatic heterocycles. The molecule has 0 radical (unpaired) electrons. The number of ether oxygens (including phenoxy) is 6. The molecule has 190 valence electrons. The Morgan fingerprint density at radius 2 is 1.77 bits per heavy atom. The van der Waals surface area contributed by atoms with Crippen LogP contribution in [0.1, 0.15) is 10.4 Å². The zero-order valence-electron chi connectivity index (χ0n) is 18.2. The number of benzene rings is 1. The molecular weight excluding hydrogens is 482 g/mol. The fourth-order valence-corrected chi connectivity index (χ4v) is 3.20. The molecule has 1 unspecified atom stereocenters. The summed E-state index contributed by atoms with van der Waals surface area (Å²) in [5.74, 6) is -5.57. The summed E-state index contributed by atoms with van der Waals surface area (Å²) < 4.78 is 58.1. The summed E-state index contributed by atoms with van der Waals surface area (Å²) in [4.78, 5) is 48.3. The summed E-state index contributed by atoms with van der Waals surface area (Å²) in [5.41, 5.74) is -0.130. The van der Waals surface area contributed by atoms with Gasteiger partial charge in [-0.25, -0.2) is 23.2 Å². The third-order valence-corrected chi connectivity index (χ3v) is 4.84. The van der Waals surface area contributed by atoms with E-state index >= 15 is 4.39 Å². The zero-order chi connectivity index (χ0) is 25.8. The summed E-state index contributed by atoms with van der Waals surface area (Å²) >= 11 is 0. The van der Waals surface area contributed by atoms with Crippen LogP contribution in [0.25, 0.3) is 0 Å². The Hall–Kier alpha value is -3.98. The van der Waals surface area contributed by atoms with Crippen LogP contribution in [0.2, 0.25) is 0 Å². The van der Waals surface area contributed by atoms with Crippen molar-refractivity contribution in [2.75, 3.05) is 20.8 Å². The van der Waals surface area contributed by atoms with Gasteiger partial charge < -0.3 is 43.7 Å². The van der Waals surface area contributed by atoms with Gasteiger partial charge in [-0.15, -0.1) is 0 Å². The second kappa shape index (κ2) is 10.5. The van der Waals surface area contributed by atoms with Gasteiger partial charge in [0.15, 0.2) is 18.9 Å². The molecule has 1 fully saturated rings. The highest BCUT2D eigenvalue weighted by atomic mass is 19.2. The van der Waals surface area contributed by atoms with Gasteiger partial charge in [-0.2, -0.15) is 0 Å². The number of alkyl halides is 1. The molecule has 1 amide bonds. The van der Waals surface area contributed by atoms with Crippen LogP contribution >= 0.6 is 0 Å². The first-order chi connectivity index (χ1) is 16.6. The number of carbonyl (C=O) groups is 4. The van der Waals surface area contributed by atoms with Gasteiger partial charge >= 0.3 is 18.3 Å². The number of halogens is 2. The van der Waals surface area contributed by atoms with Crippen LogP contribution in [-0.2, 0) is 33.2 Å². The average Bonchev–Trinajstić information content (AvgIpc) is 3.09. The Labute approximate surface area is 196 Å². The second-order valence-electron chi connectivity index (χ2n) is 7.05. The van der Waals surface area contributed by atoms with Crippen molar-refractivity contribution in [3.63, 3.8) is 0 Å². The van der Waals surface area contributed by atoms with Gasteiger partial charge in [0.1, 0.15) is 5.82 Å². The molecule has 2 aliphatic rings. The minimum absolute atomic E-state index is 0.130. The van der Waals surface area contributed by atoms with Crippen LogP contribution in [0, 0.1) is 5.82 Å². The fraction of sp³-hybridized carbons (Fsp3) is 0.400. The van der Waals surface area contributed by atoms with Crippen molar-refractivity contribution in [1.82, 2.24) is 10.2 Å². The molecule has 0 aliphatic carbocycles. The normalized spacial score (nSPS) is 27.6. The number of methoxy groups -OCH3 is 2. The summed E-state index contributed by atoms with van der Waals surface area (Å²) in [6, 6.07) is 4.13. The highest BCUT2D eigenvalue weighted by Gasteiger charge is 2.64. The van der Waals surface area contributed by atoms with Gasteiger partial charge in [0.25, 0.3) is 5.85 Å². The number of amides is 1. The van der Waals surface area contributed by atoms with Gasteiger partial charge in [0, 0.05) is 12.3 Å². The molecule has 5 atom stereocenters. The van der Waals surface area contributed by atoms with Crippen molar-refractivity contribution in [3.8, 4) is 0 Å². The monoisotopic (exact) mass is 502 g/mol. The highest BCUT2D eigenvalue weighted by molar-refractivity contribution is 5.89. The Balaban J connectivity index is 1.91. The molecule has 0 bridgehead atoms. The van der Waals surface area contributed by atoms with E-state index in [9.17, 15) is 28.7 Å². The van der Waals surface area contributed by atoms with E-state index in [0.29, 0.717) is 0 Å². The van der Waals surface area contributed by atoms with E-state index in [1.165, 1.54) is 0 Å². The predicted molar refractivity (Wildman–Crippen MR) is 105 cm³/mol. The van der Waals surface area contributed by atoms with E-state index in [1.807, 2.05) is 0 Å². The Bertz CT molecular complexity index is 1010. The molecule has 13 nitrogen and oxygen atoms in total. The van der Waals surface area contributed by atoms with E-state index in [2.05, 4.69) is 14.8 Å². The quantitative estimate of drug-likeness (QED) is 0.411. The number of carbonyl (C=O) groups excluding carboxylic acids is 4. The van der Waals surface area contributed by atoms with Crippen molar-refractivity contribution in [2.45, 2.75) is 30.6 Å². The van der Waals surface area contributed by atoms with Crippen molar-refractivity contribution in [1.29, 1.82) is 0 Å². The summed E-state index contributed by atoms with van der Waals surface area (Å²) in [7, 11) is 1.87. The lowest BCUT2D eigenvalue weighted by atomic mass is 10.1. The van der Waals surface area contributed by atoms with E-state index in [0.717, 1.165) is 55.7 Å². The van der Waals surface area contributed by atoms with Gasteiger partial charge in [-0.1, -0.05) is 0 Å². The maximum absolute atomic E-state index is 16.1. The van der Waals surface area contributed by atoms with Crippen molar-refractivity contribution < 1.29 is 61.5 Å². The number of rotatable bonds is 6. The Morgan fingerprint density at radius 1 is 1.14 bits per heavy atom. The van der Waals surface area contributed by atoms with Crippen molar-refractivity contribution >= 4 is 24.2 Å². The number of nitrogens with one attached hydrogen (secondary N) is 1. The van der Waals surface area contributed by atoms with Crippen LogP contribution in [0.3, 0.4) is 0 Å². The van der Waals surface area contributed by atoms with Gasteiger partial charge in [-0.05, 0) is 24.3 Å². The lowest BCUT2D eigenvalue weighted by molar-refractivity contribution is -0.227. The van der Waals surface area contributed by atoms with Crippen LogP contribution in [0.5, 0.6) is 0 Å². The van der Waals surface area contributed by atoms with E-state index in [-0.39, 0.29) is 5.56 Å². The lowest BCUT2D eigenvalue weighted by Crippen LogP contribution is -2.56. The minimum Gasteiger partial charge on any atom is -0.456 e. The SMILES string of the molecule is COC(=O)O[C@H]1[C@H](N2C=CC(=O)NC2O)O[C@](F)(COC(=O)c2ccc(F)cc2)[C@H]1OC(=O)OC. The van der Waals surface area contributed by atoms with Crippen LogP contribution in [0.15, 0.2) is 36.5 Å². The molecule has 35 heavy (non-hydrogen) atoms. The van der Waals surface area contributed by atoms with Crippen LogP contribution in [0.4, 0.5) is 18.4 Å². The number of hydrogen-bond donors (Lipinski definition) is 2. The molecule has 0 saturated carbocycles. The van der Waals surface area contributed by atoms with Crippen LogP contribution in [-0.4, -0.2) is 85.7 Å². The summed E-state index contributed by atoms with van der Waals surface area (Å²) in [5, 5.41) is 12.3. The van der Waals surface area contributed by atoms with E-state index in [4.69, 9.17) is 18.9 Å². The molecule has 1 aromatic rings. The molecule has 3 rings (SSSR count). The molecule has 0 spiro atoms. The van der Waals surface area contributed by atoms with E-state index in [1.54, 1.807) is 0 Å². The molecular formula is C20H20F2N2O11. The second-order valence-corrected chi connectivity index (χ2v) is 7.05. The maximum Gasteiger partial charge on any atom is 0.508 e. The van der Waals surface area contributed by atoms with Gasteiger partial charge in [0.2, 0.25) is 18.4 Å². The molecule has 15 heteroatoms. The summed E-state index contributed by atoms with van der Waals surface area (Å²) in [6.07, 6.45) is -8.23. The smallest absolute Gasteiger partial charge is 0.456 e. The van der Waals surface area contributed by atoms with Crippen LogP contribution < -0.4 is 5.32 Å². The van der Waals surface area contributed by atoms with E-state index < -0.39 is 67.3 Å². The largest absolute Gasteiger partial charge is 0.508 e. The number of nitrogens with zero attached hydrogens (tertiary/aromatic N) is 1. The first kappa shape index (κ1) is 25.6. The molecule has 2 N–H and O–H groups in total. The van der Waals surface area contributed by atoms with Crippen molar-refractivity contribution in [2.24, 2.45) is 0 Å². The predicted octanol–water partition coefficient (Wildman–Crippen LogP) is 0.529.